The fourth-order valence-electron chi connectivity index (χ4n) is 5.82. The molecule has 1 fully saturated rings. The van der Waals surface area contributed by atoms with Crippen molar-refractivity contribution in [2.75, 3.05) is 31.9 Å². The van der Waals surface area contributed by atoms with Gasteiger partial charge in [-0.3, -0.25) is 14.5 Å². The third-order valence-electron chi connectivity index (χ3n) is 7.65. The summed E-state index contributed by atoms with van der Waals surface area (Å²) in [7, 11) is 1.49. The fraction of sp³-hybridized carbons (Fsp3) is 0.333. The molecular formula is C30H33F2N4O2P. The quantitative estimate of drug-likeness (QED) is 0.198. The van der Waals surface area contributed by atoms with Gasteiger partial charge >= 0.3 is 0 Å². The standard InChI is InChI=1S/C30H33F2N4O2P/c31-30(32,39)19-34-28(38)29(25-12-3-1-10-23(25)24-11-2-4-13-26(24)29)14-5-6-15-36-17-22(18-36)35-27(37)20-8-7-9-21(33)16-20/h1-4,7-13,16,22H,5-6,14-15,17-19,33,39H2,(H,34,38)(H,35,37). The van der Waals surface area contributed by atoms with E-state index in [4.69, 9.17) is 5.73 Å². The van der Waals surface area contributed by atoms with Gasteiger partial charge in [0.2, 0.25) is 5.91 Å². The first-order chi connectivity index (χ1) is 18.7. The number of benzene rings is 3. The molecule has 0 saturated carbocycles. The molecular weight excluding hydrogens is 517 g/mol. The highest BCUT2D eigenvalue weighted by molar-refractivity contribution is 7.18. The van der Waals surface area contributed by atoms with Crippen LogP contribution in [0.2, 0.25) is 0 Å². The number of amides is 2. The van der Waals surface area contributed by atoms with Gasteiger partial charge in [-0.25, -0.2) is 8.78 Å². The van der Waals surface area contributed by atoms with E-state index in [1.807, 2.05) is 48.5 Å². The molecule has 3 aromatic rings. The molecule has 1 heterocycles. The maximum absolute atomic E-state index is 13.7. The molecule has 1 unspecified atom stereocenters. The van der Waals surface area contributed by atoms with E-state index >= 15 is 0 Å². The van der Waals surface area contributed by atoms with Gasteiger partial charge in [0.1, 0.15) is 5.41 Å². The number of hydrogen-bond acceptors (Lipinski definition) is 4. The highest BCUT2D eigenvalue weighted by Crippen LogP contribution is 2.51. The molecule has 4 N–H and O–H groups in total. The van der Waals surface area contributed by atoms with Crippen molar-refractivity contribution in [1.82, 2.24) is 15.5 Å². The monoisotopic (exact) mass is 550 g/mol. The zero-order valence-electron chi connectivity index (χ0n) is 21.6. The van der Waals surface area contributed by atoms with Crippen molar-refractivity contribution in [3.63, 3.8) is 0 Å². The summed E-state index contributed by atoms with van der Waals surface area (Å²) in [4.78, 5) is 28.4. The van der Waals surface area contributed by atoms with Crippen LogP contribution in [-0.2, 0) is 10.2 Å². The third kappa shape index (κ3) is 5.68. The number of carbonyl (C=O) groups excluding carboxylic acids is 2. The maximum atomic E-state index is 13.7. The molecule has 1 aliphatic carbocycles. The van der Waals surface area contributed by atoms with Gasteiger partial charge in [0.15, 0.2) is 0 Å². The van der Waals surface area contributed by atoms with Crippen LogP contribution in [0.5, 0.6) is 0 Å². The molecule has 6 nitrogen and oxygen atoms in total. The largest absolute Gasteiger partial charge is 0.399 e. The Morgan fingerprint density at radius 1 is 0.974 bits per heavy atom. The minimum atomic E-state index is -3.08. The van der Waals surface area contributed by atoms with Gasteiger partial charge < -0.3 is 16.4 Å². The summed E-state index contributed by atoms with van der Waals surface area (Å²) >= 11 is 0. The first-order valence-corrected chi connectivity index (χ1v) is 13.8. The van der Waals surface area contributed by atoms with Crippen LogP contribution in [0.4, 0.5) is 14.5 Å². The number of carbonyl (C=O) groups is 2. The zero-order chi connectivity index (χ0) is 27.6. The van der Waals surface area contributed by atoms with Crippen LogP contribution in [-0.4, -0.2) is 54.6 Å². The van der Waals surface area contributed by atoms with E-state index in [1.165, 1.54) is 9.24 Å². The van der Waals surface area contributed by atoms with Gasteiger partial charge in [-0.2, -0.15) is 0 Å². The summed E-state index contributed by atoms with van der Waals surface area (Å²) in [6.07, 6.45) is 2.10. The van der Waals surface area contributed by atoms with Gasteiger partial charge in [-0.05, 0) is 59.8 Å². The van der Waals surface area contributed by atoms with Crippen LogP contribution in [0.1, 0.15) is 40.7 Å². The summed E-state index contributed by atoms with van der Waals surface area (Å²) in [5.74, 6) is -0.523. The predicted octanol–water partition coefficient (Wildman–Crippen LogP) is 4.40. The van der Waals surface area contributed by atoms with Crippen LogP contribution in [0, 0.1) is 0 Å². The lowest BCUT2D eigenvalue weighted by molar-refractivity contribution is -0.126. The van der Waals surface area contributed by atoms with Crippen LogP contribution < -0.4 is 16.4 Å². The van der Waals surface area contributed by atoms with Crippen molar-refractivity contribution < 1.29 is 18.4 Å². The minimum absolute atomic E-state index is 0.0817. The second kappa shape index (κ2) is 11.0. The lowest BCUT2D eigenvalue weighted by Crippen LogP contribution is -2.59. The van der Waals surface area contributed by atoms with E-state index in [-0.39, 0.29) is 11.9 Å². The third-order valence-corrected chi connectivity index (χ3v) is 7.86. The molecule has 9 heteroatoms. The Morgan fingerprint density at radius 3 is 2.23 bits per heavy atom. The van der Waals surface area contributed by atoms with E-state index in [0.717, 1.165) is 54.7 Å². The molecule has 0 spiro atoms. The average Bonchev–Trinajstić information content (AvgIpc) is 3.18. The molecule has 1 saturated heterocycles. The van der Waals surface area contributed by atoms with Crippen molar-refractivity contribution in [1.29, 1.82) is 0 Å². The molecule has 39 heavy (non-hydrogen) atoms. The van der Waals surface area contributed by atoms with Crippen molar-refractivity contribution >= 4 is 26.7 Å². The Bertz CT molecular complexity index is 1330. The molecule has 204 valence electrons. The van der Waals surface area contributed by atoms with Gasteiger partial charge in [0.25, 0.3) is 11.6 Å². The fourth-order valence-corrected chi connectivity index (χ4v) is 5.92. The highest BCUT2D eigenvalue weighted by Gasteiger charge is 2.48. The SMILES string of the molecule is Nc1cccc(C(=O)NC2CN(CCCCC3(C(=O)NCC(F)(F)P)c4ccccc4-c4ccccc43)C2)c1. The summed E-state index contributed by atoms with van der Waals surface area (Å²) in [6.45, 7) is 1.61. The number of nitrogens with zero attached hydrogens (tertiary/aromatic N) is 1. The molecule has 1 aliphatic heterocycles. The summed E-state index contributed by atoms with van der Waals surface area (Å²) in [5.41, 5.74) is 6.46. The zero-order valence-corrected chi connectivity index (χ0v) is 22.8. The van der Waals surface area contributed by atoms with Crippen molar-refractivity contribution in [2.45, 2.75) is 36.4 Å². The molecule has 0 radical (unpaired) electrons. The Kier molecular flexibility index (Phi) is 7.70. The second-order valence-corrected chi connectivity index (χ2v) is 11.3. The molecule has 5 rings (SSSR count). The van der Waals surface area contributed by atoms with Gasteiger partial charge in [-0.15, -0.1) is 0 Å². The van der Waals surface area contributed by atoms with Crippen LogP contribution >= 0.6 is 9.24 Å². The predicted molar refractivity (Wildman–Crippen MR) is 153 cm³/mol. The number of halogens is 2. The average molecular weight is 551 g/mol. The van der Waals surface area contributed by atoms with Crippen molar-refractivity contribution in [3.05, 3.63) is 89.5 Å². The molecule has 0 aromatic heterocycles. The second-order valence-electron chi connectivity index (χ2n) is 10.5. The molecule has 3 aromatic carbocycles. The Hall–Kier alpha value is -3.35. The van der Waals surface area contributed by atoms with E-state index in [0.29, 0.717) is 17.7 Å². The molecule has 2 aliphatic rings. The van der Waals surface area contributed by atoms with Crippen LogP contribution in [0.15, 0.2) is 72.8 Å². The van der Waals surface area contributed by atoms with E-state index in [9.17, 15) is 18.4 Å². The highest BCUT2D eigenvalue weighted by atomic mass is 31.0. The number of alkyl halides is 2. The number of nitrogens with one attached hydrogen (secondary N) is 2. The van der Waals surface area contributed by atoms with Gasteiger partial charge in [0, 0.05) is 24.3 Å². The first-order valence-electron chi connectivity index (χ1n) is 13.2. The van der Waals surface area contributed by atoms with Crippen LogP contribution in [0.25, 0.3) is 11.1 Å². The number of likely N-dealkylation sites (tertiary alicyclic amines) is 1. The number of rotatable bonds is 10. The van der Waals surface area contributed by atoms with E-state index in [1.54, 1.807) is 24.3 Å². The van der Waals surface area contributed by atoms with Gasteiger partial charge in [0.05, 0.1) is 12.6 Å². The maximum Gasteiger partial charge on any atom is 0.275 e. The first kappa shape index (κ1) is 27.2. The number of nitrogens with two attached hydrogens (primary N) is 1. The van der Waals surface area contributed by atoms with E-state index < -0.39 is 23.5 Å². The topological polar surface area (TPSA) is 87.5 Å². The summed E-state index contributed by atoms with van der Waals surface area (Å²) < 4.78 is 27.3. The van der Waals surface area contributed by atoms with Crippen LogP contribution in [0.3, 0.4) is 0 Å². The van der Waals surface area contributed by atoms with Crippen molar-refractivity contribution in [2.24, 2.45) is 0 Å². The lowest BCUT2D eigenvalue weighted by Gasteiger charge is -2.40. The summed E-state index contributed by atoms with van der Waals surface area (Å²) in [5, 5.41) is 5.57. The number of unbranched alkanes of at least 4 members (excludes halogenated alkanes) is 1. The molecule has 2 amide bonds. The Labute approximate surface area is 229 Å². The van der Waals surface area contributed by atoms with E-state index in [2.05, 4.69) is 15.5 Å². The van der Waals surface area contributed by atoms with Crippen molar-refractivity contribution in [3.8, 4) is 11.1 Å². The smallest absolute Gasteiger partial charge is 0.275 e. The molecule has 0 bridgehead atoms. The lowest BCUT2D eigenvalue weighted by atomic mass is 9.73. The van der Waals surface area contributed by atoms with Gasteiger partial charge in [-0.1, -0.05) is 70.3 Å². The Morgan fingerprint density at radius 2 is 1.62 bits per heavy atom. The summed E-state index contributed by atoms with van der Waals surface area (Å²) in [6, 6.07) is 22.5. The number of anilines is 1. The Balaban J connectivity index is 1.22. The number of fused-ring (bicyclic) bond motifs is 3. The number of nitrogen functional groups attached to an aromatic ring is 1. The minimum Gasteiger partial charge on any atom is -0.399 e. The number of hydrogen-bond donors (Lipinski definition) is 3. The molecule has 1 atom stereocenters. The normalized spacial score (nSPS) is 16.2.